The third-order valence-electron chi connectivity index (χ3n) is 8.37. The number of para-hydroxylation sites is 1. The molecule has 10 nitrogen and oxygen atoms in total. The van der Waals surface area contributed by atoms with Crippen molar-refractivity contribution < 1.29 is 37.0 Å². The highest BCUT2D eigenvalue weighted by Crippen LogP contribution is 2.48. The molecule has 1 atom stereocenters. The molecule has 0 saturated carbocycles. The lowest BCUT2D eigenvalue weighted by molar-refractivity contribution is -0.207. The van der Waals surface area contributed by atoms with E-state index in [0.29, 0.717) is 48.3 Å². The van der Waals surface area contributed by atoms with Gasteiger partial charge in [0.1, 0.15) is 22.9 Å². The average molecular weight is 652 g/mol. The van der Waals surface area contributed by atoms with Crippen molar-refractivity contribution in [1.82, 2.24) is 19.7 Å². The van der Waals surface area contributed by atoms with Gasteiger partial charge in [0.15, 0.2) is 0 Å². The van der Waals surface area contributed by atoms with Crippen LogP contribution in [-0.2, 0) is 16.0 Å². The average Bonchev–Trinajstić information content (AvgIpc) is 3.42. The lowest BCUT2D eigenvalue weighted by Gasteiger charge is -2.34. The maximum absolute atomic E-state index is 14.6. The van der Waals surface area contributed by atoms with Crippen LogP contribution >= 0.6 is 0 Å². The molecule has 2 aromatic carbocycles. The Morgan fingerprint density at radius 2 is 1.74 bits per heavy atom. The van der Waals surface area contributed by atoms with E-state index in [1.165, 1.54) is 19.4 Å². The summed E-state index contributed by atoms with van der Waals surface area (Å²) in [5.74, 6) is 0.458. The summed E-state index contributed by atoms with van der Waals surface area (Å²) in [6.07, 6.45) is -6.43. The monoisotopic (exact) mass is 651 g/mol. The number of methoxy groups -OCH3 is 1. The van der Waals surface area contributed by atoms with Crippen LogP contribution in [0.5, 0.6) is 5.75 Å². The summed E-state index contributed by atoms with van der Waals surface area (Å²) in [5.41, 5.74) is 1.94. The molecule has 6 rings (SSSR count). The van der Waals surface area contributed by atoms with Crippen molar-refractivity contribution in [3.63, 3.8) is 0 Å². The van der Waals surface area contributed by atoms with Crippen molar-refractivity contribution >= 4 is 28.9 Å². The molecule has 47 heavy (non-hydrogen) atoms. The normalized spacial score (nSPS) is 17.4. The van der Waals surface area contributed by atoms with Crippen molar-refractivity contribution in [3.8, 4) is 17.0 Å². The summed E-state index contributed by atoms with van der Waals surface area (Å²) in [6, 6.07) is 13.8. The molecule has 4 heterocycles. The highest BCUT2D eigenvalue weighted by Gasteiger charge is 2.51. The smallest absolute Gasteiger partial charge is 0.430 e. The third kappa shape index (κ3) is 6.30. The number of ether oxygens (including phenoxy) is 3. The molecule has 0 N–H and O–H groups in total. The van der Waals surface area contributed by atoms with Crippen LogP contribution in [0, 0.1) is 6.92 Å². The number of halogens is 3. The van der Waals surface area contributed by atoms with E-state index in [-0.39, 0.29) is 35.6 Å². The summed E-state index contributed by atoms with van der Waals surface area (Å²) in [6.45, 7) is 8.20. The molecule has 248 valence electrons. The number of alkyl halides is 3. The molecular formula is C34H36F3N5O5. The predicted molar refractivity (Wildman–Crippen MR) is 168 cm³/mol. The summed E-state index contributed by atoms with van der Waals surface area (Å²) in [7, 11) is 1.52. The Balaban J connectivity index is 1.42. The Morgan fingerprint density at radius 3 is 2.38 bits per heavy atom. The second kappa shape index (κ2) is 12.1. The zero-order chi connectivity index (χ0) is 33.7. The number of aryl methyl sites for hydroxylation is 1. The summed E-state index contributed by atoms with van der Waals surface area (Å²) >= 11 is 0. The van der Waals surface area contributed by atoms with Crippen LogP contribution in [0.25, 0.3) is 22.2 Å². The molecule has 1 fully saturated rings. The number of pyridine rings is 1. The summed E-state index contributed by atoms with van der Waals surface area (Å²) in [4.78, 5) is 32.9. The van der Waals surface area contributed by atoms with Crippen molar-refractivity contribution in [3.05, 3.63) is 71.4 Å². The fourth-order valence-corrected chi connectivity index (χ4v) is 6.18. The van der Waals surface area contributed by atoms with Gasteiger partial charge in [-0.25, -0.2) is 14.6 Å². The first-order valence-corrected chi connectivity index (χ1v) is 15.4. The molecule has 2 aliphatic heterocycles. The molecule has 0 spiro atoms. The van der Waals surface area contributed by atoms with E-state index in [4.69, 9.17) is 19.3 Å². The molecule has 0 bridgehead atoms. The first-order valence-electron chi connectivity index (χ1n) is 15.4. The van der Waals surface area contributed by atoms with Crippen LogP contribution in [0.4, 0.5) is 28.6 Å². The number of carbonyl (C=O) groups excluding carboxylic acids is 2. The number of benzene rings is 2. The molecule has 2 amide bonds. The van der Waals surface area contributed by atoms with Crippen molar-refractivity contribution in [2.24, 2.45) is 0 Å². The molecule has 0 aliphatic carbocycles. The Bertz CT molecular complexity index is 1810. The minimum Gasteiger partial charge on any atom is -0.497 e. The molecule has 0 radical (unpaired) electrons. The Hall–Kier alpha value is -4.81. The van der Waals surface area contributed by atoms with E-state index in [1.54, 1.807) is 29.2 Å². The number of likely N-dealkylation sites (tertiary alicyclic amines) is 1. The predicted octanol–water partition coefficient (Wildman–Crippen LogP) is 7.75. The Labute approximate surface area is 270 Å². The van der Waals surface area contributed by atoms with Crippen LogP contribution in [0.1, 0.15) is 62.4 Å². The second-order valence-corrected chi connectivity index (χ2v) is 12.8. The number of aromatic nitrogens is 3. The summed E-state index contributed by atoms with van der Waals surface area (Å²) in [5, 5.41) is 5.62. The number of hydrogen-bond acceptors (Lipinski definition) is 7. The minimum atomic E-state index is -4.91. The van der Waals surface area contributed by atoms with Gasteiger partial charge in [0, 0.05) is 30.2 Å². The van der Waals surface area contributed by atoms with Crippen LogP contribution in [0.15, 0.2) is 54.7 Å². The Morgan fingerprint density at radius 1 is 1.04 bits per heavy atom. The lowest BCUT2D eigenvalue weighted by atomic mass is 9.96. The van der Waals surface area contributed by atoms with Crippen LogP contribution in [0.3, 0.4) is 0 Å². The molecule has 2 aliphatic rings. The van der Waals surface area contributed by atoms with Gasteiger partial charge < -0.3 is 19.1 Å². The van der Waals surface area contributed by atoms with Crippen molar-refractivity contribution in [2.45, 2.75) is 71.0 Å². The maximum atomic E-state index is 14.6. The van der Waals surface area contributed by atoms with Crippen LogP contribution in [-0.4, -0.2) is 63.8 Å². The van der Waals surface area contributed by atoms with E-state index in [0.717, 1.165) is 16.0 Å². The number of carbonyl (C=O) groups is 2. The van der Waals surface area contributed by atoms with Gasteiger partial charge in [-0.05, 0) is 69.9 Å². The number of cyclic esters (lactones) is 1. The van der Waals surface area contributed by atoms with Gasteiger partial charge in [-0.3, -0.25) is 9.58 Å². The Kier molecular flexibility index (Phi) is 8.27. The first kappa shape index (κ1) is 32.1. The van der Waals surface area contributed by atoms with Crippen molar-refractivity contribution in [2.75, 3.05) is 25.1 Å². The van der Waals surface area contributed by atoms with E-state index in [2.05, 4.69) is 4.98 Å². The zero-order valence-corrected chi connectivity index (χ0v) is 26.8. The van der Waals surface area contributed by atoms with E-state index >= 15 is 0 Å². The number of nitrogens with zero attached hydrogens (tertiary/aromatic N) is 5. The molecule has 4 aromatic rings. The molecular weight excluding hydrogens is 615 g/mol. The van der Waals surface area contributed by atoms with Gasteiger partial charge in [-0.15, -0.1) is 0 Å². The number of anilines is 1. The van der Waals surface area contributed by atoms with Gasteiger partial charge in [-0.2, -0.15) is 18.3 Å². The minimum absolute atomic E-state index is 0.0681. The van der Waals surface area contributed by atoms with Crippen molar-refractivity contribution in [1.29, 1.82) is 0 Å². The third-order valence-corrected chi connectivity index (χ3v) is 8.37. The molecule has 2 aromatic heterocycles. The quantitative estimate of drug-likeness (QED) is 0.218. The molecule has 0 unspecified atom stereocenters. The van der Waals surface area contributed by atoms with Crippen LogP contribution in [0.2, 0.25) is 0 Å². The summed E-state index contributed by atoms with van der Waals surface area (Å²) < 4.78 is 61.5. The number of hydrogen-bond donors (Lipinski definition) is 0. The van der Waals surface area contributed by atoms with Gasteiger partial charge in [-0.1, -0.05) is 30.3 Å². The fraction of sp³-hybridized carbons (Fsp3) is 0.412. The second-order valence-electron chi connectivity index (χ2n) is 12.8. The largest absolute Gasteiger partial charge is 0.497 e. The first-order chi connectivity index (χ1) is 22.2. The standard InChI is InChI=1S/C34H36F3N5O5/c1-20-7-6-8-25-27(39-42(28(20)25)22-14-17-40(18-15-22)31(43)47-33(2,3)4)24-13-16-38-30-26(24)29(34(35,36)37)46-32(44)41(30)19-21-9-11-23(45-5)12-10-21/h6-13,16,22,29H,14-15,17-19H2,1-5H3/t29-/m1/s1. The number of amides is 2. The van der Waals surface area contributed by atoms with Gasteiger partial charge in [0.05, 0.1) is 30.8 Å². The molecule has 1 saturated heterocycles. The lowest BCUT2D eigenvalue weighted by Crippen LogP contribution is -2.42. The highest BCUT2D eigenvalue weighted by molar-refractivity contribution is 5.98. The highest BCUT2D eigenvalue weighted by atomic mass is 19.4. The van der Waals surface area contributed by atoms with Crippen LogP contribution < -0.4 is 9.64 Å². The van der Waals surface area contributed by atoms with Gasteiger partial charge >= 0.3 is 18.4 Å². The van der Waals surface area contributed by atoms with Gasteiger partial charge in [0.2, 0.25) is 6.10 Å². The molecule has 13 heteroatoms. The number of piperidine rings is 1. The van der Waals surface area contributed by atoms with E-state index < -0.39 is 24.0 Å². The maximum Gasteiger partial charge on any atom is 0.430 e. The number of rotatable bonds is 5. The van der Waals surface area contributed by atoms with E-state index in [9.17, 15) is 22.8 Å². The van der Waals surface area contributed by atoms with E-state index in [1.807, 2.05) is 50.6 Å². The SMILES string of the molecule is COc1ccc(CN2C(=O)O[C@@H](C(F)(F)F)c3c(-c4nn(C5CCN(C(=O)OC(C)(C)C)CC5)c5c(C)cccc45)ccnc32)cc1. The topological polar surface area (TPSA) is 99.0 Å². The number of fused-ring (bicyclic) bond motifs is 2. The van der Waals surface area contributed by atoms with Gasteiger partial charge in [0.25, 0.3) is 0 Å². The zero-order valence-electron chi connectivity index (χ0n) is 26.8. The fourth-order valence-electron chi connectivity index (χ4n) is 6.18.